The molecule has 1 aromatic heterocycles. The van der Waals surface area contributed by atoms with Gasteiger partial charge in [-0.3, -0.25) is 4.79 Å². The van der Waals surface area contributed by atoms with Crippen molar-refractivity contribution in [3.05, 3.63) is 56.8 Å². The van der Waals surface area contributed by atoms with Crippen LogP contribution in [0.4, 0.5) is 0 Å². The third-order valence-corrected chi connectivity index (χ3v) is 5.56. The van der Waals surface area contributed by atoms with Gasteiger partial charge >= 0.3 is 0 Å². The largest absolute Gasteiger partial charge is 0.497 e. The van der Waals surface area contributed by atoms with Crippen molar-refractivity contribution in [1.29, 1.82) is 0 Å². The maximum absolute atomic E-state index is 12.4. The number of aromatic nitrogens is 1. The summed E-state index contributed by atoms with van der Waals surface area (Å²) in [6.45, 7) is 0.245. The lowest BCUT2D eigenvalue weighted by Crippen LogP contribution is -2.17. The van der Waals surface area contributed by atoms with E-state index >= 15 is 0 Å². The molecule has 0 N–H and O–H groups in total. The number of methoxy groups -OCH3 is 1. The van der Waals surface area contributed by atoms with Crippen LogP contribution in [0.1, 0.15) is 5.56 Å². The van der Waals surface area contributed by atoms with Crippen LogP contribution in [0.15, 0.2) is 41.4 Å². The molecule has 0 saturated carbocycles. The molecule has 0 atom stereocenters. The van der Waals surface area contributed by atoms with Gasteiger partial charge in [-0.05, 0) is 29.8 Å². The van der Waals surface area contributed by atoms with E-state index in [-0.39, 0.29) is 18.9 Å². The number of nitrogens with zero attached hydrogens (tertiary/aromatic N) is 2. The summed E-state index contributed by atoms with van der Waals surface area (Å²) in [6, 6.07) is 10.7. The van der Waals surface area contributed by atoms with Gasteiger partial charge in [-0.1, -0.05) is 52.6 Å². The Hall–Kier alpha value is -2.26. The Morgan fingerprint density at radius 2 is 1.92 bits per heavy atom. The number of ether oxygens (including phenoxy) is 1. The first-order chi connectivity index (χ1) is 12.5. The first-order valence-corrected chi connectivity index (χ1v) is 9.22. The molecule has 0 aliphatic heterocycles. The molecular formula is C19H14Cl2N2O2S. The molecular weight excluding hydrogens is 391 g/mol. The van der Waals surface area contributed by atoms with Gasteiger partial charge in [0.2, 0.25) is 0 Å². The summed E-state index contributed by atoms with van der Waals surface area (Å²) in [5, 5.41) is 1.06. The summed E-state index contributed by atoms with van der Waals surface area (Å²) in [5.74, 6) is 3.02. The fourth-order valence-corrected chi connectivity index (χ4v) is 4.16. The zero-order valence-electron chi connectivity index (χ0n) is 13.8. The first-order valence-electron chi connectivity index (χ1n) is 7.64. The minimum atomic E-state index is -0.278. The van der Waals surface area contributed by atoms with Gasteiger partial charge in [0, 0.05) is 0 Å². The highest BCUT2D eigenvalue weighted by Crippen LogP contribution is 2.31. The number of thiazole rings is 1. The molecule has 1 heterocycles. The molecule has 3 aromatic rings. The summed E-state index contributed by atoms with van der Waals surface area (Å²) in [4.78, 5) is 17.1. The average Bonchev–Trinajstić information content (AvgIpc) is 2.98. The zero-order chi connectivity index (χ0) is 18.7. The van der Waals surface area contributed by atoms with Gasteiger partial charge in [-0.2, -0.15) is 4.99 Å². The molecule has 132 valence electrons. The molecule has 0 saturated heterocycles. The fraction of sp³-hybridized carbons (Fsp3) is 0.158. The van der Waals surface area contributed by atoms with Gasteiger partial charge < -0.3 is 9.30 Å². The highest BCUT2D eigenvalue weighted by atomic mass is 35.5. The number of carbonyl (C=O) groups excluding carboxylic acids is 1. The summed E-state index contributed by atoms with van der Waals surface area (Å²) in [6.07, 6.45) is 5.65. The highest BCUT2D eigenvalue weighted by Gasteiger charge is 2.13. The quantitative estimate of drug-likeness (QED) is 0.607. The third-order valence-electron chi connectivity index (χ3n) is 3.71. The lowest BCUT2D eigenvalue weighted by Gasteiger charge is -2.03. The Morgan fingerprint density at radius 1 is 1.23 bits per heavy atom. The monoisotopic (exact) mass is 404 g/mol. The number of fused-ring (bicyclic) bond motifs is 1. The Morgan fingerprint density at radius 3 is 2.58 bits per heavy atom. The number of carbonyl (C=O) groups is 1. The normalized spacial score (nSPS) is 11.5. The molecule has 0 spiro atoms. The van der Waals surface area contributed by atoms with Gasteiger partial charge in [-0.15, -0.1) is 6.42 Å². The number of halogens is 2. The SMILES string of the molecule is C#CCn1c(=NC(=O)Cc2ccc(OC)cc2)sc2c(Cl)ccc(Cl)c21. The van der Waals surface area contributed by atoms with Gasteiger partial charge in [0.15, 0.2) is 4.80 Å². The van der Waals surface area contributed by atoms with E-state index in [2.05, 4.69) is 10.9 Å². The molecule has 0 radical (unpaired) electrons. The van der Waals surface area contributed by atoms with Crippen molar-refractivity contribution in [2.24, 2.45) is 4.99 Å². The number of terminal acetylenes is 1. The van der Waals surface area contributed by atoms with Crippen molar-refractivity contribution >= 4 is 50.7 Å². The van der Waals surface area contributed by atoms with Gasteiger partial charge in [-0.25, -0.2) is 0 Å². The average molecular weight is 405 g/mol. The van der Waals surface area contributed by atoms with Crippen LogP contribution in [0.5, 0.6) is 5.75 Å². The van der Waals surface area contributed by atoms with Gasteiger partial charge in [0.1, 0.15) is 5.75 Å². The second-order valence-electron chi connectivity index (χ2n) is 5.41. The molecule has 7 heteroatoms. The lowest BCUT2D eigenvalue weighted by molar-refractivity contribution is -0.117. The van der Waals surface area contributed by atoms with Gasteiger partial charge in [0.05, 0.1) is 40.3 Å². The Balaban J connectivity index is 2.01. The van der Waals surface area contributed by atoms with E-state index in [0.717, 1.165) is 16.0 Å². The maximum atomic E-state index is 12.4. The van der Waals surface area contributed by atoms with Crippen molar-refractivity contribution in [3.63, 3.8) is 0 Å². The maximum Gasteiger partial charge on any atom is 0.252 e. The zero-order valence-corrected chi connectivity index (χ0v) is 16.2. The van der Waals surface area contributed by atoms with Crippen molar-refractivity contribution in [2.45, 2.75) is 13.0 Å². The van der Waals surface area contributed by atoms with E-state index in [1.54, 1.807) is 35.9 Å². The number of amides is 1. The van der Waals surface area contributed by atoms with Crippen molar-refractivity contribution < 1.29 is 9.53 Å². The van der Waals surface area contributed by atoms with E-state index in [0.29, 0.717) is 20.4 Å². The molecule has 4 nitrogen and oxygen atoms in total. The second-order valence-corrected chi connectivity index (χ2v) is 7.20. The molecule has 0 unspecified atom stereocenters. The molecule has 0 bridgehead atoms. The predicted octanol–water partition coefficient (Wildman–Crippen LogP) is 4.32. The highest BCUT2D eigenvalue weighted by molar-refractivity contribution is 7.17. The summed E-state index contributed by atoms with van der Waals surface area (Å²) < 4.78 is 7.61. The van der Waals surface area contributed by atoms with Crippen LogP contribution in [0.25, 0.3) is 10.2 Å². The molecule has 0 aliphatic rings. The minimum Gasteiger partial charge on any atom is -0.497 e. The molecule has 2 aromatic carbocycles. The van der Waals surface area contributed by atoms with E-state index in [4.69, 9.17) is 34.4 Å². The van der Waals surface area contributed by atoms with Crippen LogP contribution < -0.4 is 9.54 Å². The smallest absolute Gasteiger partial charge is 0.252 e. The number of hydrogen-bond donors (Lipinski definition) is 0. The lowest BCUT2D eigenvalue weighted by atomic mass is 10.1. The van der Waals surface area contributed by atoms with E-state index in [1.165, 1.54) is 11.3 Å². The van der Waals surface area contributed by atoms with E-state index in [9.17, 15) is 4.79 Å². The predicted molar refractivity (Wildman–Crippen MR) is 106 cm³/mol. The Bertz CT molecular complexity index is 1080. The van der Waals surface area contributed by atoms with E-state index < -0.39 is 0 Å². The summed E-state index contributed by atoms with van der Waals surface area (Å²) in [7, 11) is 1.59. The van der Waals surface area contributed by atoms with Crippen LogP contribution >= 0.6 is 34.5 Å². The molecule has 0 fully saturated rings. The van der Waals surface area contributed by atoms with Crippen LogP contribution in [0, 0.1) is 12.3 Å². The molecule has 3 rings (SSSR count). The van der Waals surface area contributed by atoms with Crippen molar-refractivity contribution in [3.8, 4) is 18.1 Å². The number of rotatable bonds is 4. The second kappa shape index (κ2) is 7.96. The number of benzene rings is 2. The van der Waals surface area contributed by atoms with Crippen molar-refractivity contribution in [1.82, 2.24) is 4.57 Å². The third kappa shape index (κ3) is 3.78. The Labute approximate surface area is 164 Å². The van der Waals surface area contributed by atoms with Crippen LogP contribution in [0.2, 0.25) is 10.0 Å². The molecule has 0 aliphatic carbocycles. The fourth-order valence-electron chi connectivity index (χ4n) is 2.50. The van der Waals surface area contributed by atoms with Crippen LogP contribution in [-0.2, 0) is 17.8 Å². The van der Waals surface area contributed by atoms with Crippen LogP contribution in [0.3, 0.4) is 0 Å². The Kier molecular flexibility index (Phi) is 5.67. The van der Waals surface area contributed by atoms with Crippen LogP contribution in [-0.4, -0.2) is 17.6 Å². The number of hydrogen-bond acceptors (Lipinski definition) is 3. The topological polar surface area (TPSA) is 43.6 Å². The van der Waals surface area contributed by atoms with Gasteiger partial charge in [0.25, 0.3) is 5.91 Å². The summed E-state index contributed by atoms with van der Waals surface area (Å²) in [5.41, 5.74) is 1.54. The first kappa shape index (κ1) is 18.5. The molecule has 26 heavy (non-hydrogen) atoms. The minimum absolute atomic E-state index is 0.176. The van der Waals surface area contributed by atoms with E-state index in [1.807, 2.05) is 12.1 Å². The molecule has 1 amide bonds. The van der Waals surface area contributed by atoms with Crippen molar-refractivity contribution in [2.75, 3.05) is 7.11 Å². The standard InChI is InChI=1S/C19H14Cl2N2O2S/c1-3-10-23-17-14(20)8-9-15(21)18(17)26-19(23)22-16(24)11-12-4-6-13(25-2)7-5-12/h1,4-9H,10-11H2,2H3. The summed E-state index contributed by atoms with van der Waals surface area (Å²) >= 11 is 13.8.